The fourth-order valence-corrected chi connectivity index (χ4v) is 2.20. The molecule has 0 aliphatic heterocycles. The van der Waals surface area contributed by atoms with Gasteiger partial charge in [-0.1, -0.05) is 38.8 Å². The van der Waals surface area contributed by atoms with Crippen LogP contribution in [0.3, 0.4) is 0 Å². The van der Waals surface area contributed by atoms with E-state index in [2.05, 4.69) is 42.1 Å². The maximum atomic E-state index is 4.62. The quantitative estimate of drug-likeness (QED) is 0.815. The number of imidazole rings is 1. The molecule has 0 saturated carbocycles. The topological polar surface area (TPSA) is 40.7 Å². The Morgan fingerprint density at radius 1 is 1.22 bits per heavy atom. The van der Waals surface area contributed by atoms with Gasteiger partial charge in [-0.15, -0.1) is 0 Å². The van der Waals surface area contributed by atoms with Crippen LogP contribution in [0.2, 0.25) is 0 Å². The molecule has 1 heterocycles. The van der Waals surface area contributed by atoms with E-state index in [1.807, 2.05) is 18.2 Å². The third kappa shape index (κ3) is 2.91. The number of aromatic nitrogens is 2. The standard InChI is InChI=1S/C15H23N3/c1-4-12(5-2)10-16-11(3)15-17-13-8-6-7-9-14(13)18-15/h6-9,11-12,16H,4-5,10H2,1-3H3,(H,17,18). The number of para-hydroxylation sites is 2. The van der Waals surface area contributed by atoms with Crippen LogP contribution in [0.1, 0.15) is 45.5 Å². The highest BCUT2D eigenvalue weighted by atomic mass is 15.0. The molecule has 1 atom stereocenters. The van der Waals surface area contributed by atoms with Gasteiger partial charge in [0.25, 0.3) is 0 Å². The number of nitrogens with zero attached hydrogens (tertiary/aromatic N) is 1. The fraction of sp³-hybridized carbons (Fsp3) is 0.533. The lowest BCUT2D eigenvalue weighted by Crippen LogP contribution is -2.25. The molecule has 98 valence electrons. The molecule has 1 aromatic heterocycles. The first-order chi connectivity index (χ1) is 8.74. The van der Waals surface area contributed by atoms with E-state index in [4.69, 9.17) is 0 Å². The van der Waals surface area contributed by atoms with Crippen molar-refractivity contribution in [2.24, 2.45) is 5.92 Å². The minimum Gasteiger partial charge on any atom is -0.341 e. The molecular weight excluding hydrogens is 222 g/mol. The molecule has 0 bridgehead atoms. The Hall–Kier alpha value is -1.35. The first-order valence-electron chi connectivity index (χ1n) is 6.92. The van der Waals surface area contributed by atoms with Gasteiger partial charge in [-0.2, -0.15) is 0 Å². The first-order valence-corrected chi connectivity index (χ1v) is 6.92. The first kappa shape index (κ1) is 13.1. The second-order valence-corrected chi connectivity index (χ2v) is 4.95. The SMILES string of the molecule is CCC(CC)CNC(C)c1nc2ccccc2[nH]1. The Balaban J connectivity index is 2.02. The molecule has 0 fully saturated rings. The number of rotatable bonds is 6. The average molecular weight is 245 g/mol. The summed E-state index contributed by atoms with van der Waals surface area (Å²) in [6.07, 6.45) is 2.46. The molecule has 0 radical (unpaired) electrons. The highest BCUT2D eigenvalue weighted by Crippen LogP contribution is 2.16. The Bertz CT molecular complexity index is 452. The zero-order valence-corrected chi connectivity index (χ0v) is 11.5. The highest BCUT2D eigenvalue weighted by molar-refractivity contribution is 5.74. The third-order valence-corrected chi connectivity index (χ3v) is 3.69. The van der Waals surface area contributed by atoms with Crippen molar-refractivity contribution in [3.05, 3.63) is 30.1 Å². The van der Waals surface area contributed by atoms with E-state index < -0.39 is 0 Å². The van der Waals surface area contributed by atoms with E-state index >= 15 is 0 Å². The Morgan fingerprint density at radius 3 is 2.61 bits per heavy atom. The van der Waals surface area contributed by atoms with Gasteiger partial charge in [0.05, 0.1) is 17.1 Å². The van der Waals surface area contributed by atoms with Crippen molar-refractivity contribution < 1.29 is 0 Å². The van der Waals surface area contributed by atoms with Crippen molar-refractivity contribution in [2.45, 2.75) is 39.7 Å². The summed E-state index contributed by atoms with van der Waals surface area (Å²) in [7, 11) is 0. The van der Waals surface area contributed by atoms with Crippen LogP contribution in [-0.4, -0.2) is 16.5 Å². The minimum absolute atomic E-state index is 0.276. The van der Waals surface area contributed by atoms with Gasteiger partial charge in [0.15, 0.2) is 0 Å². The molecule has 2 N–H and O–H groups in total. The van der Waals surface area contributed by atoms with Gasteiger partial charge >= 0.3 is 0 Å². The third-order valence-electron chi connectivity index (χ3n) is 3.69. The van der Waals surface area contributed by atoms with Gasteiger partial charge in [-0.05, 0) is 31.5 Å². The largest absolute Gasteiger partial charge is 0.341 e. The summed E-state index contributed by atoms with van der Waals surface area (Å²) in [4.78, 5) is 8.01. The van der Waals surface area contributed by atoms with Gasteiger partial charge < -0.3 is 10.3 Å². The molecule has 0 amide bonds. The van der Waals surface area contributed by atoms with Crippen LogP contribution < -0.4 is 5.32 Å². The molecule has 2 rings (SSSR count). The van der Waals surface area contributed by atoms with Crippen LogP contribution in [0.25, 0.3) is 11.0 Å². The molecular formula is C15H23N3. The number of hydrogen-bond acceptors (Lipinski definition) is 2. The molecule has 0 spiro atoms. The highest BCUT2D eigenvalue weighted by Gasteiger charge is 2.11. The van der Waals surface area contributed by atoms with E-state index in [0.29, 0.717) is 0 Å². The Labute approximate surface area is 109 Å². The number of nitrogens with one attached hydrogen (secondary N) is 2. The number of fused-ring (bicyclic) bond motifs is 1. The molecule has 3 nitrogen and oxygen atoms in total. The summed E-state index contributed by atoms with van der Waals surface area (Å²) in [6, 6.07) is 8.45. The normalized spacial score (nSPS) is 13.3. The summed E-state index contributed by atoms with van der Waals surface area (Å²) < 4.78 is 0. The average Bonchev–Trinajstić information content (AvgIpc) is 2.83. The van der Waals surface area contributed by atoms with Gasteiger partial charge in [-0.3, -0.25) is 0 Å². The van der Waals surface area contributed by atoms with E-state index in [1.54, 1.807) is 0 Å². The fourth-order valence-electron chi connectivity index (χ4n) is 2.20. The molecule has 0 aliphatic rings. The van der Waals surface area contributed by atoms with Gasteiger partial charge in [0.2, 0.25) is 0 Å². The maximum absolute atomic E-state index is 4.62. The number of benzene rings is 1. The summed E-state index contributed by atoms with van der Waals surface area (Å²) in [5.74, 6) is 1.79. The van der Waals surface area contributed by atoms with E-state index in [-0.39, 0.29) is 6.04 Å². The minimum atomic E-state index is 0.276. The van der Waals surface area contributed by atoms with Crippen molar-refractivity contribution in [3.8, 4) is 0 Å². The lowest BCUT2D eigenvalue weighted by molar-refractivity contribution is 0.417. The summed E-state index contributed by atoms with van der Waals surface area (Å²) in [6.45, 7) is 7.73. The van der Waals surface area contributed by atoms with E-state index in [1.165, 1.54) is 12.8 Å². The smallest absolute Gasteiger partial charge is 0.124 e. The maximum Gasteiger partial charge on any atom is 0.124 e. The predicted molar refractivity (Wildman–Crippen MR) is 76.6 cm³/mol. The zero-order chi connectivity index (χ0) is 13.0. The summed E-state index contributed by atoms with van der Waals surface area (Å²) in [5.41, 5.74) is 2.16. The van der Waals surface area contributed by atoms with Crippen molar-refractivity contribution in [1.29, 1.82) is 0 Å². The van der Waals surface area contributed by atoms with Crippen molar-refractivity contribution in [1.82, 2.24) is 15.3 Å². The van der Waals surface area contributed by atoms with Crippen LogP contribution in [0.15, 0.2) is 24.3 Å². The van der Waals surface area contributed by atoms with E-state index in [0.717, 1.165) is 29.3 Å². The van der Waals surface area contributed by atoms with Crippen LogP contribution in [-0.2, 0) is 0 Å². The van der Waals surface area contributed by atoms with Crippen LogP contribution >= 0.6 is 0 Å². The zero-order valence-electron chi connectivity index (χ0n) is 11.5. The molecule has 0 aliphatic carbocycles. The molecule has 3 heteroatoms. The Morgan fingerprint density at radius 2 is 1.94 bits per heavy atom. The van der Waals surface area contributed by atoms with Crippen molar-refractivity contribution in [3.63, 3.8) is 0 Å². The predicted octanol–water partition coefficient (Wildman–Crippen LogP) is 3.65. The monoisotopic (exact) mass is 245 g/mol. The Kier molecular flexibility index (Phi) is 4.37. The van der Waals surface area contributed by atoms with Gasteiger partial charge in [-0.25, -0.2) is 4.98 Å². The van der Waals surface area contributed by atoms with Crippen molar-refractivity contribution in [2.75, 3.05) is 6.54 Å². The van der Waals surface area contributed by atoms with Gasteiger partial charge in [0.1, 0.15) is 5.82 Å². The second kappa shape index (κ2) is 6.01. The number of aromatic amines is 1. The van der Waals surface area contributed by atoms with Gasteiger partial charge in [0, 0.05) is 0 Å². The molecule has 2 aromatic rings. The number of H-pyrrole nitrogens is 1. The summed E-state index contributed by atoms with van der Waals surface area (Å²) in [5, 5.41) is 3.57. The molecule has 18 heavy (non-hydrogen) atoms. The second-order valence-electron chi connectivity index (χ2n) is 4.95. The lowest BCUT2D eigenvalue weighted by Gasteiger charge is -2.17. The lowest BCUT2D eigenvalue weighted by atomic mass is 10.0. The van der Waals surface area contributed by atoms with Crippen molar-refractivity contribution >= 4 is 11.0 Å². The van der Waals surface area contributed by atoms with E-state index in [9.17, 15) is 0 Å². The molecule has 1 aromatic carbocycles. The molecule has 0 saturated heterocycles. The van der Waals surface area contributed by atoms with Crippen LogP contribution in [0.4, 0.5) is 0 Å². The molecule has 1 unspecified atom stereocenters. The van der Waals surface area contributed by atoms with Crippen LogP contribution in [0.5, 0.6) is 0 Å². The number of hydrogen-bond donors (Lipinski definition) is 2. The summed E-state index contributed by atoms with van der Waals surface area (Å²) >= 11 is 0. The van der Waals surface area contributed by atoms with Crippen LogP contribution in [0, 0.1) is 5.92 Å².